The molecule has 0 amide bonds. The minimum Gasteiger partial charge on any atom is -0.491 e. The Bertz CT molecular complexity index is 988. The van der Waals surface area contributed by atoms with E-state index in [1.165, 1.54) is 24.3 Å². The molecule has 3 rings (SSSR count). The summed E-state index contributed by atoms with van der Waals surface area (Å²) in [6.45, 7) is -0.168. The standard InChI is InChI=1S/C19H16FN3O4/c20-15-5-3-14(4-6-15)18-22-23(19(25)27-18)11-16(24)12-26-17-7-1-13(2-8-17)9-10-21/h1-8,16,24H,9,11-12H2. The molecule has 0 aliphatic heterocycles. The van der Waals surface area contributed by atoms with Crippen LogP contribution in [0, 0.1) is 17.1 Å². The van der Waals surface area contributed by atoms with Crippen LogP contribution in [0.2, 0.25) is 0 Å². The average molecular weight is 369 g/mol. The van der Waals surface area contributed by atoms with Crippen molar-refractivity contribution in [2.75, 3.05) is 6.61 Å². The van der Waals surface area contributed by atoms with Gasteiger partial charge in [-0.3, -0.25) is 0 Å². The number of nitrogens with zero attached hydrogens (tertiary/aromatic N) is 3. The van der Waals surface area contributed by atoms with Crippen molar-refractivity contribution in [3.8, 4) is 23.3 Å². The highest BCUT2D eigenvalue weighted by Gasteiger charge is 2.14. The molecule has 0 bridgehead atoms. The first-order valence-electron chi connectivity index (χ1n) is 8.16. The van der Waals surface area contributed by atoms with E-state index in [9.17, 15) is 14.3 Å². The Morgan fingerprint density at radius 2 is 1.93 bits per heavy atom. The molecule has 1 heterocycles. The zero-order valence-corrected chi connectivity index (χ0v) is 14.2. The van der Waals surface area contributed by atoms with Crippen LogP contribution in [0.4, 0.5) is 4.39 Å². The highest BCUT2D eigenvalue weighted by atomic mass is 19.1. The average Bonchev–Trinajstić information content (AvgIpc) is 3.02. The van der Waals surface area contributed by atoms with Gasteiger partial charge >= 0.3 is 5.76 Å². The molecule has 2 aromatic carbocycles. The number of aromatic nitrogens is 2. The second-order valence-electron chi connectivity index (χ2n) is 5.81. The maximum atomic E-state index is 13.0. The Morgan fingerprint density at radius 1 is 1.22 bits per heavy atom. The molecule has 8 heteroatoms. The molecule has 1 unspecified atom stereocenters. The number of halogens is 1. The van der Waals surface area contributed by atoms with Gasteiger partial charge in [0.15, 0.2) is 0 Å². The zero-order valence-electron chi connectivity index (χ0n) is 14.2. The van der Waals surface area contributed by atoms with E-state index in [2.05, 4.69) is 11.2 Å². The maximum Gasteiger partial charge on any atom is 0.437 e. The highest BCUT2D eigenvalue weighted by Crippen LogP contribution is 2.16. The Hall–Kier alpha value is -3.44. The molecule has 0 saturated heterocycles. The van der Waals surface area contributed by atoms with Crippen LogP contribution in [0.15, 0.2) is 57.7 Å². The molecule has 0 aliphatic carbocycles. The number of hydrogen-bond acceptors (Lipinski definition) is 6. The van der Waals surface area contributed by atoms with Crippen LogP contribution in [-0.4, -0.2) is 27.6 Å². The van der Waals surface area contributed by atoms with E-state index in [0.717, 1.165) is 10.2 Å². The molecule has 0 fully saturated rings. The summed E-state index contributed by atoms with van der Waals surface area (Å²) in [5, 5.41) is 22.7. The maximum absolute atomic E-state index is 13.0. The predicted octanol–water partition coefficient (Wildman–Crippen LogP) is 2.15. The molecule has 0 aliphatic rings. The van der Waals surface area contributed by atoms with Crippen LogP contribution in [0.3, 0.4) is 0 Å². The fraction of sp³-hybridized carbons (Fsp3) is 0.211. The number of benzene rings is 2. The van der Waals surface area contributed by atoms with Gasteiger partial charge in [-0.1, -0.05) is 12.1 Å². The number of aliphatic hydroxyl groups excluding tert-OH is 1. The van der Waals surface area contributed by atoms with Gasteiger partial charge in [0.25, 0.3) is 0 Å². The molecule has 1 atom stereocenters. The lowest BCUT2D eigenvalue weighted by atomic mass is 10.2. The first kappa shape index (κ1) is 18.4. The summed E-state index contributed by atoms with van der Waals surface area (Å²) in [4.78, 5) is 11.9. The normalized spacial score (nSPS) is 11.7. The molecular formula is C19H16FN3O4. The zero-order chi connectivity index (χ0) is 19.2. The number of aliphatic hydroxyl groups is 1. The Morgan fingerprint density at radius 3 is 2.59 bits per heavy atom. The van der Waals surface area contributed by atoms with Gasteiger partial charge in [-0.15, -0.1) is 5.10 Å². The minimum atomic E-state index is -0.993. The predicted molar refractivity (Wildman–Crippen MR) is 93.4 cm³/mol. The van der Waals surface area contributed by atoms with Crippen LogP contribution in [-0.2, 0) is 13.0 Å². The fourth-order valence-electron chi connectivity index (χ4n) is 2.37. The van der Waals surface area contributed by atoms with Gasteiger partial charge < -0.3 is 14.3 Å². The second-order valence-corrected chi connectivity index (χ2v) is 5.81. The molecule has 1 N–H and O–H groups in total. The van der Waals surface area contributed by atoms with Crippen molar-refractivity contribution in [3.05, 3.63) is 70.5 Å². The van der Waals surface area contributed by atoms with Gasteiger partial charge in [-0.25, -0.2) is 9.18 Å². The first-order valence-corrected chi connectivity index (χ1v) is 8.16. The van der Waals surface area contributed by atoms with Crippen LogP contribution in [0.5, 0.6) is 5.75 Å². The second kappa shape index (κ2) is 8.29. The van der Waals surface area contributed by atoms with E-state index in [0.29, 0.717) is 17.7 Å². The highest BCUT2D eigenvalue weighted by molar-refractivity contribution is 5.51. The summed E-state index contributed by atoms with van der Waals surface area (Å²) in [6, 6.07) is 14.4. The lowest BCUT2D eigenvalue weighted by Crippen LogP contribution is -2.29. The van der Waals surface area contributed by atoms with Crippen molar-refractivity contribution < 1.29 is 18.7 Å². The summed E-state index contributed by atoms with van der Waals surface area (Å²) in [6.07, 6.45) is -0.679. The van der Waals surface area contributed by atoms with Crippen LogP contribution in [0.25, 0.3) is 11.5 Å². The molecule has 138 valence electrons. The smallest absolute Gasteiger partial charge is 0.437 e. The van der Waals surface area contributed by atoms with Crippen molar-refractivity contribution >= 4 is 0 Å². The van der Waals surface area contributed by atoms with Gasteiger partial charge in [-0.05, 0) is 42.0 Å². The van der Waals surface area contributed by atoms with Crippen molar-refractivity contribution in [3.63, 3.8) is 0 Å². The van der Waals surface area contributed by atoms with Crippen molar-refractivity contribution in [2.24, 2.45) is 0 Å². The lowest BCUT2D eigenvalue weighted by molar-refractivity contribution is 0.0875. The fourth-order valence-corrected chi connectivity index (χ4v) is 2.37. The van der Waals surface area contributed by atoms with E-state index < -0.39 is 17.7 Å². The van der Waals surface area contributed by atoms with Crippen molar-refractivity contribution in [2.45, 2.75) is 19.1 Å². The third-order valence-corrected chi connectivity index (χ3v) is 3.73. The van der Waals surface area contributed by atoms with Gasteiger partial charge in [0.05, 0.1) is 19.0 Å². The van der Waals surface area contributed by atoms with Gasteiger partial charge in [0.1, 0.15) is 24.3 Å². The van der Waals surface area contributed by atoms with E-state index in [1.54, 1.807) is 24.3 Å². The molecule has 27 heavy (non-hydrogen) atoms. The van der Waals surface area contributed by atoms with E-state index >= 15 is 0 Å². The number of nitriles is 1. The molecule has 0 saturated carbocycles. The Labute approximate surface area is 153 Å². The number of rotatable bonds is 7. The van der Waals surface area contributed by atoms with E-state index in [4.69, 9.17) is 14.4 Å². The summed E-state index contributed by atoms with van der Waals surface area (Å²) in [5.74, 6) is -0.556. The largest absolute Gasteiger partial charge is 0.491 e. The van der Waals surface area contributed by atoms with Gasteiger partial charge in [-0.2, -0.15) is 9.94 Å². The van der Waals surface area contributed by atoms with Gasteiger partial charge in [0, 0.05) is 5.56 Å². The number of hydrogen-bond donors (Lipinski definition) is 1. The lowest BCUT2D eigenvalue weighted by Gasteiger charge is -2.11. The first-order chi connectivity index (χ1) is 13.0. The summed E-state index contributed by atoms with van der Waals surface area (Å²) in [7, 11) is 0. The van der Waals surface area contributed by atoms with E-state index in [1.807, 2.05) is 0 Å². The summed E-state index contributed by atoms with van der Waals surface area (Å²) >= 11 is 0. The van der Waals surface area contributed by atoms with Crippen molar-refractivity contribution in [1.29, 1.82) is 5.26 Å². The summed E-state index contributed by atoms with van der Waals surface area (Å²) < 4.78 is 24.5. The van der Waals surface area contributed by atoms with Crippen LogP contribution < -0.4 is 10.5 Å². The molecule has 0 radical (unpaired) electrons. The quantitative estimate of drug-likeness (QED) is 0.685. The molecule has 3 aromatic rings. The Balaban J connectivity index is 1.59. The number of ether oxygens (including phenoxy) is 1. The molecule has 7 nitrogen and oxygen atoms in total. The van der Waals surface area contributed by atoms with Gasteiger partial charge in [0.2, 0.25) is 5.89 Å². The molecule has 1 aromatic heterocycles. The molecule has 0 spiro atoms. The third kappa shape index (κ3) is 4.80. The van der Waals surface area contributed by atoms with E-state index in [-0.39, 0.29) is 19.0 Å². The summed E-state index contributed by atoms with van der Waals surface area (Å²) in [5.41, 5.74) is 1.32. The third-order valence-electron chi connectivity index (χ3n) is 3.73. The monoisotopic (exact) mass is 369 g/mol. The SMILES string of the molecule is N#CCc1ccc(OCC(O)Cn2nc(-c3ccc(F)cc3)oc2=O)cc1. The van der Waals surface area contributed by atoms with Crippen LogP contribution >= 0.6 is 0 Å². The van der Waals surface area contributed by atoms with Crippen LogP contribution in [0.1, 0.15) is 5.56 Å². The topological polar surface area (TPSA) is 101 Å². The minimum absolute atomic E-state index is 0.0428. The molecular weight excluding hydrogens is 353 g/mol. The van der Waals surface area contributed by atoms with Crippen molar-refractivity contribution in [1.82, 2.24) is 9.78 Å². The Kier molecular flexibility index (Phi) is 5.64.